The Morgan fingerprint density at radius 2 is 2.16 bits per heavy atom. The van der Waals surface area contributed by atoms with E-state index in [1.165, 1.54) is 0 Å². The second-order valence-electron chi connectivity index (χ2n) is 4.80. The van der Waals surface area contributed by atoms with E-state index in [-0.39, 0.29) is 12.5 Å². The monoisotopic (exact) mass is 259 g/mol. The maximum atomic E-state index is 11.8. The predicted molar refractivity (Wildman–Crippen MR) is 71.6 cm³/mol. The second-order valence-corrected chi connectivity index (χ2v) is 4.80. The number of nitriles is 1. The van der Waals surface area contributed by atoms with Crippen molar-refractivity contribution in [3.05, 3.63) is 29.3 Å². The fourth-order valence-electron chi connectivity index (χ4n) is 2.20. The highest BCUT2D eigenvalue weighted by Gasteiger charge is 2.24. The molecule has 1 aliphatic rings. The minimum atomic E-state index is -0.627. The van der Waals surface area contributed by atoms with Gasteiger partial charge in [0.05, 0.1) is 24.3 Å². The minimum Gasteiger partial charge on any atom is -0.389 e. The van der Waals surface area contributed by atoms with E-state index in [0.717, 1.165) is 11.3 Å². The number of carbonyl (C=O) groups is 1. The van der Waals surface area contributed by atoms with Crippen LogP contribution in [0.5, 0.6) is 0 Å². The van der Waals surface area contributed by atoms with Gasteiger partial charge < -0.3 is 14.9 Å². The molecule has 19 heavy (non-hydrogen) atoms. The van der Waals surface area contributed by atoms with Crippen molar-refractivity contribution in [3.63, 3.8) is 0 Å². The zero-order valence-electron chi connectivity index (χ0n) is 11.1. The highest BCUT2D eigenvalue weighted by atomic mass is 16.3. The SMILES string of the molecule is C[C@@H](O)c1ccc(C#N)cc1N1CCN(C)C(=O)C1. The number of rotatable bonds is 2. The summed E-state index contributed by atoms with van der Waals surface area (Å²) in [4.78, 5) is 15.4. The standard InChI is InChI=1S/C14H17N3O2/c1-10(18)12-4-3-11(8-15)7-13(12)17-6-5-16(2)14(19)9-17/h3-4,7,10,18H,5-6,9H2,1-2H3/t10-/m1/s1. The number of benzene rings is 1. The summed E-state index contributed by atoms with van der Waals surface area (Å²) in [7, 11) is 1.78. The lowest BCUT2D eigenvalue weighted by Gasteiger charge is -2.35. The molecule has 1 aromatic carbocycles. The molecule has 0 spiro atoms. The number of piperazine rings is 1. The number of amides is 1. The third-order valence-corrected chi connectivity index (χ3v) is 3.41. The van der Waals surface area contributed by atoms with Gasteiger partial charge in [0.1, 0.15) is 0 Å². The summed E-state index contributed by atoms with van der Waals surface area (Å²) in [5, 5.41) is 18.8. The van der Waals surface area contributed by atoms with Gasteiger partial charge in [-0.2, -0.15) is 5.26 Å². The van der Waals surface area contributed by atoms with Crippen LogP contribution in [0.25, 0.3) is 0 Å². The van der Waals surface area contributed by atoms with Gasteiger partial charge in [-0.1, -0.05) is 6.07 Å². The number of nitrogens with zero attached hydrogens (tertiary/aromatic N) is 3. The van der Waals surface area contributed by atoms with Crippen LogP contribution in [0.1, 0.15) is 24.2 Å². The van der Waals surface area contributed by atoms with Crippen LogP contribution in [0.3, 0.4) is 0 Å². The highest BCUT2D eigenvalue weighted by molar-refractivity contribution is 5.83. The Morgan fingerprint density at radius 3 is 2.74 bits per heavy atom. The quantitative estimate of drug-likeness (QED) is 0.856. The lowest BCUT2D eigenvalue weighted by atomic mass is 10.0. The molecule has 2 rings (SSSR count). The van der Waals surface area contributed by atoms with Gasteiger partial charge in [0, 0.05) is 31.4 Å². The Labute approximate surface area is 112 Å². The Bertz CT molecular complexity index is 534. The van der Waals surface area contributed by atoms with Gasteiger partial charge in [-0.3, -0.25) is 4.79 Å². The smallest absolute Gasteiger partial charge is 0.241 e. The van der Waals surface area contributed by atoms with E-state index in [9.17, 15) is 9.90 Å². The average molecular weight is 259 g/mol. The van der Waals surface area contributed by atoms with Crippen LogP contribution in [0.2, 0.25) is 0 Å². The fourth-order valence-corrected chi connectivity index (χ4v) is 2.20. The first-order valence-electron chi connectivity index (χ1n) is 6.24. The highest BCUT2D eigenvalue weighted by Crippen LogP contribution is 2.28. The summed E-state index contributed by atoms with van der Waals surface area (Å²) in [6.45, 7) is 3.32. The third-order valence-electron chi connectivity index (χ3n) is 3.41. The Balaban J connectivity index is 2.37. The van der Waals surface area contributed by atoms with Crippen LogP contribution < -0.4 is 4.90 Å². The molecule has 5 nitrogen and oxygen atoms in total. The molecule has 1 heterocycles. The van der Waals surface area contributed by atoms with Crippen LogP contribution in [-0.4, -0.2) is 42.6 Å². The van der Waals surface area contributed by atoms with Crippen molar-refractivity contribution in [1.29, 1.82) is 5.26 Å². The van der Waals surface area contributed by atoms with E-state index in [0.29, 0.717) is 18.7 Å². The summed E-state index contributed by atoms with van der Waals surface area (Å²) < 4.78 is 0. The molecule has 1 amide bonds. The van der Waals surface area contributed by atoms with Crippen LogP contribution in [-0.2, 0) is 4.79 Å². The zero-order chi connectivity index (χ0) is 14.0. The lowest BCUT2D eigenvalue weighted by Crippen LogP contribution is -2.48. The number of hydrogen-bond donors (Lipinski definition) is 1. The molecule has 0 unspecified atom stereocenters. The zero-order valence-corrected chi connectivity index (χ0v) is 11.1. The van der Waals surface area contributed by atoms with E-state index >= 15 is 0 Å². The summed E-state index contributed by atoms with van der Waals surface area (Å²) in [5.41, 5.74) is 2.05. The van der Waals surface area contributed by atoms with Crippen molar-refractivity contribution < 1.29 is 9.90 Å². The number of hydrogen-bond acceptors (Lipinski definition) is 4. The first-order valence-corrected chi connectivity index (χ1v) is 6.24. The van der Waals surface area contributed by atoms with Gasteiger partial charge in [0.2, 0.25) is 5.91 Å². The summed E-state index contributed by atoms with van der Waals surface area (Å²) in [5.74, 6) is 0.0464. The van der Waals surface area contributed by atoms with Gasteiger partial charge in [0.15, 0.2) is 0 Å². The number of aliphatic hydroxyl groups excluding tert-OH is 1. The molecule has 1 atom stereocenters. The van der Waals surface area contributed by atoms with Gasteiger partial charge in [0.25, 0.3) is 0 Å². The van der Waals surface area contributed by atoms with Crippen molar-refractivity contribution in [2.24, 2.45) is 0 Å². The van der Waals surface area contributed by atoms with E-state index in [4.69, 9.17) is 5.26 Å². The molecule has 1 aromatic rings. The molecule has 0 aliphatic carbocycles. The van der Waals surface area contributed by atoms with Gasteiger partial charge >= 0.3 is 0 Å². The maximum absolute atomic E-state index is 11.8. The van der Waals surface area contributed by atoms with Crippen molar-refractivity contribution in [2.45, 2.75) is 13.0 Å². The molecule has 0 bridgehead atoms. The molecule has 1 fully saturated rings. The fraction of sp³-hybridized carbons (Fsp3) is 0.429. The van der Waals surface area contributed by atoms with Gasteiger partial charge in [-0.05, 0) is 19.1 Å². The van der Waals surface area contributed by atoms with E-state index < -0.39 is 6.10 Å². The Hall–Kier alpha value is -2.06. The lowest BCUT2D eigenvalue weighted by molar-refractivity contribution is -0.129. The molecule has 1 N–H and O–H groups in total. The van der Waals surface area contributed by atoms with E-state index in [2.05, 4.69) is 6.07 Å². The van der Waals surface area contributed by atoms with Crippen molar-refractivity contribution >= 4 is 11.6 Å². The molecule has 5 heteroatoms. The second kappa shape index (κ2) is 5.29. The van der Waals surface area contributed by atoms with Crippen LogP contribution in [0.15, 0.2) is 18.2 Å². The average Bonchev–Trinajstić information content (AvgIpc) is 2.41. The summed E-state index contributed by atoms with van der Waals surface area (Å²) >= 11 is 0. The number of anilines is 1. The minimum absolute atomic E-state index is 0.0464. The normalized spacial score (nSPS) is 17.3. The summed E-state index contributed by atoms with van der Waals surface area (Å²) in [6, 6.07) is 7.26. The number of aliphatic hydroxyl groups is 1. The van der Waals surface area contributed by atoms with E-state index in [1.54, 1.807) is 37.1 Å². The Kier molecular flexibility index (Phi) is 3.72. The molecule has 1 aliphatic heterocycles. The first kappa shape index (κ1) is 13.4. The first-order chi connectivity index (χ1) is 9.02. The Morgan fingerprint density at radius 1 is 1.42 bits per heavy atom. The summed E-state index contributed by atoms with van der Waals surface area (Å²) in [6.07, 6.45) is -0.627. The topological polar surface area (TPSA) is 67.6 Å². The van der Waals surface area contributed by atoms with Gasteiger partial charge in [-0.25, -0.2) is 0 Å². The third kappa shape index (κ3) is 2.69. The molecular formula is C14H17N3O2. The predicted octanol–water partition coefficient (Wildman–Crippen LogP) is 0.890. The number of carbonyl (C=O) groups excluding carboxylic acids is 1. The molecular weight excluding hydrogens is 242 g/mol. The molecule has 0 radical (unpaired) electrons. The van der Waals surface area contributed by atoms with Crippen LogP contribution in [0.4, 0.5) is 5.69 Å². The molecule has 1 saturated heterocycles. The number of likely N-dealkylation sites (N-methyl/N-ethyl adjacent to an activating group) is 1. The van der Waals surface area contributed by atoms with Crippen LogP contribution >= 0.6 is 0 Å². The van der Waals surface area contributed by atoms with Crippen LogP contribution in [0, 0.1) is 11.3 Å². The van der Waals surface area contributed by atoms with E-state index in [1.807, 2.05) is 4.90 Å². The molecule has 100 valence electrons. The van der Waals surface area contributed by atoms with Crippen molar-refractivity contribution in [1.82, 2.24) is 4.90 Å². The molecule has 0 aromatic heterocycles. The largest absolute Gasteiger partial charge is 0.389 e. The van der Waals surface area contributed by atoms with Gasteiger partial charge in [-0.15, -0.1) is 0 Å². The van der Waals surface area contributed by atoms with Crippen molar-refractivity contribution in [2.75, 3.05) is 31.6 Å². The van der Waals surface area contributed by atoms with Crippen molar-refractivity contribution in [3.8, 4) is 6.07 Å². The molecule has 0 saturated carbocycles. The maximum Gasteiger partial charge on any atom is 0.241 e.